The van der Waals surface area contributed by atoms with Crippen molar-refractivity contribution in [3.63, 3.8) is 0 Å². The molecular weight excluding hydrogens is 386 g/mol. The second kappa shape index (κ2) is 9.69. The van der Waals surface area contributed by atoms with Crippen LogP contribution < -0.4 is 4.74 Å². The first-order valence-corrected chi connectivity index (χ1v) is 9.91. The molecule has 2 atom stereocenters. The van der Waals surface area contributed by atoms with Crippen LogP contribution in [0.2, 0.25) is 0 Å². The standard InChI is InChI=1S/C22H27N3O5/c1-23(22(27)13-16-8-9-21(30-2)19(12-16)25(28)29)20(17-6-4-3-5-7-17)15-24-11-10-18(26)14-24/h3-9,12,18,20,26H,10-11,13-15H2,1-2H3/t18?,20-/m0/s1. The summed E-state index contributed by atoms with van der Waals surface area (Å²) in [5.41, 5.74) is 1.41. The van der Waals surface area contributed by atoms with Crippen molar-refractivity contribution in [2.75, 3.05) is 33.8 Å². The van der Waals surface area contributed by atoms with E-state index in [4.69, 9.17) is 4.74 Å². The van der Waals surface area contributed by atoms with Crippen molar-refractivity contribution in [3.8, 4) is 5.75 Å². The van der Waals surface area contributed by atoms with Crippen LogP contribution in [-0.4, -0.2) is 65.6 Å². The molecule has 160 valence electrons. The predicted molar refractivity (Wildman–Crippen MR) is 112 cm³/mol. The molecule has 1 N–H and O–H groups in total. The van der Waals surface area contributed by atoms with Crippen molar-refractivity contribution in [3.05, 3.63) is 69.8 Å². The number of nitro groups is 1. The molecule has 0 bridgehead atoms. The fourth-order valence-electron chi connectivity index (χ4n) is 3.81. The molecule has 0 spiro atoms. The number of ether oxygens (including phenoxy) is 1. The fourth-order valence-corrected chi connectivity index (χ4v) is 3.81. The van der Waals surface area contributed by atoms with Gasteiger partial charge in [-0.2, -0.15) is 0 Å². The number of likely N-dealkylation sites (tertiary alicyclic amines) is 1. The summed E-state index contributed by atoms with van der Waals surface area (Å²) in [7, 11) is 3.13. The maximum Gasteiger partial charge on any atom is 0.311 e. The van der Waals surface area contributed by atoms with Crippen LogP contribution in [0.4, 0.5) is 5.69 Å². The van der Waals surface area contributed by atoms with Gasteiger partial charge in [-0.25, -0.2) is 0 Å². The Balaban J connectivity index is 1.78. The van der Waals surface area contributed by atoms with E-state index in [-0.39, 0.29) is 35.9 Å². The van der Waals surface area contributed by atoms with Gasteiger partial charge >= 0.3 is 5.69 Å². The Hall–Kier alpha value is -2.97. The number of likely N-dealkylation sites (N-methyl/N-ethyl adjacent to an activating group) is 1. The number of amides is 1. The van der Waals surface area contributed by atoms with Gasteiger partial charge in [-0.15, -0.1) is 0 Å². The SMILES string of the molecule is COc1ccc(CC(=O)N(C)[C@@H](CN2CCC(O)C2)c2ccccc2)cc1[N+](=O)[O-]. The largest absolute Gasteiger partial charge is 0.490 e. The first-order valence-electron chi connectivity index (χ1n) is 9.91. The Morgan fingerprint density at radius 3 is 2.67 bits per heavy atom. The Morgan fingerprint density at radius 1 is 1.33 bits per heavy atom. The van der Waals surface area contributed by atoms with Crippen LogP contribution in [0.25, 0.3) is 0 Å². The molecule has 8 nitrogen and oxygen atoms in total. The lowest BCUT2D eigenvalue weighted by atomic mass is 10.0. The monoisotopic (exact) mass is 413 g/mol. The lowest BCUT2D eigenvalue weighted by Gasteiger charge is -2.32. The third-order valence-electron chi connectivity index (χ3n) is 5.52. The number of nitrogens with zero attached hydrogens (tertiary/aromatic N) is 3. The molecule has 1 fully saturated rings. The zero-order valence-corrected chi connectivity index (χ0v) is 17.2. The minimum atomic E-state index is -0.512. The Labute approximate surface area is 175 Å². The molecule has 1 heterocycles. The highest BCUT2D eigenvalue weighted by Crippen LogP contribution is 2.29. The number of aliphatic hydroxyl groups is 1. The zero-order chi connectivity index (χ0) is 21.7. The second-order valence-electron chi connectivity index (χ2n) is 7.57. The highest BCUT2D eigenvalue weighted by molar-refractivity contribution is 5.79. The van der Waals surface area contributed by atoms with Gasteiger partial charge in [0, 0.05) is 32.7 Å². The molecule has 0 radical (unpaired) electrons. The van der Waals surface area contributed by atoms with Gasteiger partial charge in [-0.1, -0.05) is 36.4 Å². The number of nitro benzene ring substituents is 1. The minimum Gasteiger partial charge on any atom is -0.490 e. The lowest BCUT2D eigenvalue weighted by Crippen LogP contribution is -2.39. The first kappa shape index (κ1) is 21.7. The smallest absolute Gasteiger partial charge is 0.311 e. The topological polar surface area (TPSA) is 96.2 Å². The van der Waals surface area contributed by atoms with Crippen molar-refractivity contribution >= 4 is 11.6 Å². The average Bonchev–Trinajstić information content (AvgIpc) is 3.16. The molecule has 8 heteroatoms. The molecule has 1 amide bonds. The highest BCUT2D eigenvalue weighted by Gasteiger charge is 2.28. The summed E-state index contributed by atoms with van der Waals surface area (Å²) in [6.07, 6.45) is 0.449. The van der Waals surface area contributed by atoms with Crippen LogP contribution in [0.3, 0.4) is 0 Å². The summed E-state index contributed by atoms with van der Waals surface area (Å²) < 4.78 is 5.03. The van der Waals surface area contributed by atoms with Crippen LogP contribution in [0.15, 0.2) is 48.5 Å². The summed E-state index contributed by atoms with van der Waals surface area (Å²) in [5.74, 6) is 0.0300. The predicted octanol–water partition coefficient (Wildman–Crippen LogP) is 2.41. The third kappa shape index (κ3) is 5.14. The van der Waals surface area contributed by atoms with Crippen molar-refractivity contribution in [2.24, 2.45) is 0 Å². The fraction of sp³-hybridized carbons (Fsp3) is 0.409. The van der Waals surface area contributed by atoms with Gasteiger partial charge in [0.2, 0.25) is 5.91 Å². The van der Waals surface area contributed by atoms with E-state index in [2.05, 4.69) is 4.90 Å². The quantitative estimate of drug-likeness (QED) is 0.527. The van der Waals surface area contributed by atoms with Gasteiger partial charge < -0.3 is 14.7 Å². The number of hydrogen-bond acceptors (Lipinski definition) is 6. The molecule has 1 aliphatic heterocycles. The van der Waals surface area contributed by atoms with Crippen LogP contribution in [0.1, 0.15) is 23.6 Å². The van der Waals surface area contributed by atoms with Crippen molar-refractivity contribution in [1.29, 1.82) is 0 Å². The van der Waals surface area contributed by atoms with Crippen molar-refractivity contribution < 1.29 is 19.6 Å². The van der Waals surface area contributed by atoms with E-state index >= 15 is 0 Å². The van der Waals surface area contributed by atoms with E-state index < -0.39 is 4.92 Å². The minimum absolute atomic E-state index is 0.0489. The number of rotatable bonds is 8. The van der Waals surface area contributed by atoms with Crippen molar-refractivity contribution in [2.45, 2.75) is 25.0 Å². The number of carbonyl (C=O) groups excluding carboxylic acids is 1. The van der Waals surface area contributed by atoms with Gasteiger partial charge in [-0.3, -0.25) is 19.8 Å². The Morgan fingerprint density at radius 2 is 2.07 bits per heavy atom. The Kier molecular flexibility index (Phi) is 7.02. The molecule has 2 aromatic carbocycles. The molecular formula is C22H27N3O5. The van der Waals surface area contributed by atoms with Gasteiger partial charge in [-0.05, 0) is 23.6 Å². The number of hydrogen-bond donors (Lipinski definition) is 1. The number of aliphatic hydroxyl groups excluding tert-OH is 1. The lowest BCUT2D eigenvalue weighted by molar-refractivity contribution is -0.385. The van der Waals surface area contributed by atoms with Gasteiger partial charge in [0.1, 0.15) is 0 Å². The number of carbonyl (C=O) groups is 1. The molecule has 0 saturated carbocycles. The second-order valence-corrected chi connectivity index (χ2v) is 7.57. The van der Waals surface area contributed by atoms with E-state index in [1.807, 2.05) is 30.3 Å². The summed E-state index contributed by atoms with van der Waals surface area (Å²) in [4.78, 5) is 27.7. The molecule has 0 aromatic heterocycles. The molecule has 1 saturated heterocycles. The van der Waals surface area contributed by atoms with E-state index in [0.29, 0.717) is 18.7 Å². The van der Waals surface area contributed by atoms with E-state index in [9.17, 15) is 20.0 Å². The molecule has 3 rings (SSSR count). The summed E-state index contributed by atoms with van der Waals surface area (Å²) >= 11 is 0. The molecule has 0 aliphatic carbocycles. The maximum absolute atomic E-state index is 13.1. The van der Waals surface area contributed by atoms with E-state index in [0.717, 1.165) is 18.5 Å². The third-order valence-corrected chi connectivity index (χ3v) is 5.52. The first-order chi connectivity index (χ1) is 14.4. The van der Waals surface area contributed by atoms with Gasteiger partial charge in [0.25, 0.3) is 0 Å². The van der Waals surface area contributed by atoms with E-state index in [1.54, 1.807) is 18.0 Å². The van der Waals surface area contributed by atoms with Gasteiger partial charge in [0.15, 0.2) is 5.75 Å². The molecule has 30 heavy (non-hydrogen) atoms. The van der Waals surface area contributed by atoms with Crippen LogP contribution in [0, 0.1) is 10.1 Å². The molecule has 1 aliphatic rings. The number of benzene rings is 2. The van der Waals surface area contributed by atoms with Crippen LogP contribution >= 0.6 is 0 Å². The van der Waals surface area contributed by atoms with Crippen LogP contribution in [0.5, 0.6) is 5.75 Å². The maximum atomic E-state index is 13.1. The summed E-state index contributed by atoms with van der Waals surface area (Å²) in [6, 6.07) is 14.2. The number of β-amino-alcohol motifs (C(OH)–C–C–N with tert-alkyl or cyclic N) is 1. The Bertz CT molecular complexity index is 890. The van der Waals surface area contributed by atoms with Crippen molar-refractivity contribution in [1.82, 2.24) is 9.80 Å². The average molecular weight is 413 g/mol. The number of methoxy groups -OCH3 is 1. The van der Waals surface area contributed by atoms with Gasteiger partial charge in [0.05, 0.1) is 30.6 Å². The molecule has 1 unspecified atom stereocenters. The zero-order valence-electron chi connectivity index (χ0n) is 17.2. The van der Waals surface area contributed by atoms with E-state index in [1.165, 1.54) is 19.2 Å². The van der Waals surface area contributed by atoms with Crippen LogP contribution in [-0.2, 0) is 11.2 Å². The summed E-state index contributed by atoms with van der Waals surface area (Å²) in [5, 5.41) is 21.1. The normalized spacial score (nSPS) is 17.5. The highest BCUT2D eigenvalue weighted by atomic mass is 16.6. The molecule has 2 aromatic rings. The summed E-state index contributed by atoms with van der Waals surface area (Å²) in [6.45, 7) is 2.00.